The Morgan fingerprint density at radius 1 is 1.35 bits per heavy atom. The fraction of sp³-hybridized carbons (Fsp3) is 0.625. The van der Waals surface area contributed by atoms with Crippen molar-refractivity contribution in [1.82, 2.24) is 5.32 Å². The van der Waals surface area contributed by atoms with Gasteiger partial charge < -0.3 is 10.1 Å². The molecule has 0 saturated carbocycles. The molecule has 0 radical (unpaired) electrons. The lowest BCUT2D eigenvalue weighted by Gasteiger charge is -2.25. The maximum Gasteiger partial charge on any atom is 0.119 e. The van der Waals surface area contributed by atoms with Crippen LogP contribution in [-0.2, 0) is 17.2 Å². The Bertz CT molecular complexity index is 501. The lowest BCUT2D eigenvalue weighted by atomic mass is 10.1. The highest BCUT2D eigenvalue weighted by Gasteiger charge is 2.37. The number of benzene rings is 1. The highest BCUT2D eigenvalue weighted by molar-refractivity contribution is 7.86. The van der Waals surface area contributed by atoms with Crippen molar-refractivity contribution in [1.29, 1.82) is 0 Å². The normalized spacial score (nSPS) is 24.5. The van der Waals surface area contributed by atoms with Crippen LogP contribution in [-0.4, -0.2) is 28.9 Å². The number of methoxy groups -OCH3 is 1. The standard InChI is InChI=1S/C16H25NO2S/c1-10(2)11(3)20(18)15-8-12-6-7-13(19-5)9-14(12)16(15)17-4/h6-7,9-11,15-17H,8H2,1-5H3. The molecule has 3 nitrogen and oxygen atoms in total. The van der Waals surface area contributed by atoms with Gasteiger partial charge in [-0.3, -0.25) is 4.21 Å². The molecule has 0 fully saturated rings. The van der Waals surface area contributed by atoms with Crippen molar-refractivity contribution in [3.8, 4) is 5.75 Å². The number of hydrogen-bond donors (Lipinski definition) is 1. The van der Waals surface area contributed by atoms with Gasteiger partial charge in [-0.2, -0.15) is 0 Å². The Hall–Kier alpha value is -0.870. The summed E-state index contributed by atoms with van der Waals surface area (Å²) in [5, 5.41) is 3.71. The fourth-order valence-electron chi connectivity index (χ4n) is 2.81. The van der Waals surface area contributed by atoms with Crippen LogP contribution < -0.4 is 10.1 Å². The van der Waals surface area contributed by atoms with Gasteiger partial charge in [-0.25, -0.2) is 0 Å². The van der Waals surface area contributed by atoms with Gasteiger partial charge in [0.25, 0.3) is 0 Å². The minimum Gasteiger partial charge on any atom is -0.497 e. The van der Waals surface area contributed by atoms with Crippen molar-refractivity contribution in [2.75, 3.05) is 14.2 Å². The van der Waals surface area contributed by atoms with Crippen LogP contribution in [0.5, 0.6) is 5.75 Å². The van der Waals surface area contributed by atoms with Crippen LogP contribution in [0.25, 0.3) is 0 Å². The van der Waals surface area contributed by atoms with Crippen LogP contribution in [0.4, 0.5) is 0 Å². The molecule has 112 valence electrons. The zero-order valence-electron chi connectivity index (χ0n) is 13.0. The van der Waals surface area contributed by atoms with Crippen LogP contribution in [0.1, 0.15) is 37.9 Å². The lowest BCUT2D eigenvalue weighted by Crippen LogP contribution is -2.35. The van der Waals surface area contributed by atoms with E-state index in [-0.39, 0.29) is 16.5 Å². The predicted octanol–water partition coefficient (Wildman–Crippen LogP) is 2.67. The van der Waals surface area contributed by atoms with Gasteiger partial charge in [-0.05, 0) is 42.6 Å². The maximum absolute atomic E-state index is 12.8. The predicted molar refractivity (Wildman–Crippen MR) is 84.7 cm³/mol. The van der Waals surface area contributed by atoms with E-state index in [4.69, 9.17) is 4.74 Å². The van der Waals surface area contributed by atoms with Gasteiger partial charge in [0.2, 0.25) is 0 Å². The van der Waals surface area contributed by atoms with Crippen LogP contribution in [0, 0.1) is 5.92 Å². The first kappa shape index (κ1) is 15.5. The summed E-state index contributed by atoms with van der Waals surface area (Å²) in [6, 6.07) is 6.33. The summed E-state index contributed by atoms with van der Waals surface area (Å²) < 4.78 is 18.1. The number of nitrogens with one attached hydrogen (secondary N) is 1. The molecule has 4 unspecified atom stereocenters. The molecule has 4 heteroatoms. The molecule has 0 bridgehead atoms. The number of fused-ring (bicyclic) bond motifs is 1. The molecule has 1 aromatic carbocycles. The molecule has 0 spiro atoms. The molecule has 4 atom stereocenters. The molecule has 0 saturated heterocycles. The Kier molecular flexibility index (Phi) is 4.86. The van der Waals surface area contributed by atoms with Gasteiger partial charge in [0, 0.05) is 22.1 Å². The van der Waals surface area contributed by atoms with Crippen molar-refractivity contribution >= 4 is 10.8 Å². The average molecular weight is 295 g/mol. The highest BCUT2D eigenvalue weighted by Crippen LogP contribution is 2.37. The first-order valence-corrected chi connectivity index (χ1v) is 8.50. The van der Waals surface area contributed by atoms with E-state index in [0.29, 0.717) is 5.92 Å². The van der Waals surface area contributed by atoms with Crippen LogP contribution in [0.15, 0.2) is 18.2 Å². The summed E-state index contributed by atoms with van der Waals surface area (Å²) in [6.07, 6.45) is 0.883. The highest BCUT2D eigenvalue weighted by atomic mass is 32.2. The largest absolute Gasteiger partial charge is 0.497 e. The fourth-order valence-corrected chi connectivity index (χ4v) is 4.79. The summed E-state index contributed by atoms with van der Waals surface area (Å²) >= 11 is 0. The van der Waals surface area contributed by atoms with Gasteiger partial charge in [0.15, 0.2) is 0 Å². The Morgan fingerprint density at radius 3 is 2.60 bits per heavy atom. The third-order valence-electron chi connectivity index (χ3n) is 4.40. The first-order chi connectivity index (χ1) is 9.49. The van der Waals surface area contributed by atoms with E-state index in [2.05, 4.69) is 38.2 Å². The molecule has 0 aliphatic heterocycles. The van der Waals surface area contributed by atoms with Gasteiger partial charge >= 0.3 is 0 Å². The molecule has 1 N–H and O–H groups in total. The second-order valence-electron chi connectivity index (χ2n) is 5.85. The van der Waals surface area contributed by atoms with Gasteiger partial charge in [0.1, 0.15) is 5.75 Å². The third kappa shape index (κ3) is 2.77. The Balaban J connectivity index is 2.29. The van der Waals surface area contributed by atoms with Crippen LogP contribution >= 0.6 is 0 Å². The zero-order chi connectivity index (χ0) is 14.9. The molecular weight excluding hydrogens is 270 g/mol. The van der Waals surface area contributed by atoms with E-state index in [0.717, 1.165) is 12.2 Å². The molecule has 0 aromatic heterocycles. The van der Waals surface area contributed by atoms with E-state index >= 15 is 0 Å². The second-order valence-corrected chi connectivity index (χ2v) is 7.86. The van der Waals surface area contributed by atoms with Crippen molar-refractivity contribution in [3.63, 3.8) is 0 Å². The topological polar surface area (TPSA) is 38.3 Å². The van der Waals surface area contributed by atoms with Gasteiger partial charge in [-0.1, -0.05) is 26.8 Å². The molecule has 0 amide bonds. The van der Waals surface area contributed by atoms with Crippen molar-refractivity contribution in [2.45, 2.75) is 43.7 Å². The number of hydrogen-bond acceptors (Lipinski definition) is 3. The van der Waals surface area contributed by atoms with E-state index in [1.807, 2.05) is 13.1 Å². The second kappa shape index (κ2) is 6.27. The average Bonchev–Trinajstić information content (AvgIpc) is 2.82. The molecular formula is C16H25NO2S. The summed E-state index contributed by atoms with van der Waals surface area (Å²) in [5.41, 5.74) is 2.53. The molecule has 2 rings (SSSR count). The quantitative estimate of drug-likeness (QED) is 0.907. The summed E-state index contributed by atoms with van der Waals surface area (Å²) in [6.45, 7) is 6.38. The summed E-state index contributed by atoms with van der Waals surface area (Å²) in [4.78, 5) is 0. The van der Waals surface area contributed by atoms with Crippen LogP contribution in [0.3, 0.4) is 0 Å². The maximum atomic E-state index is 12.8. The lowest BCUT2D eigenvalue weighted by molar-refractivity contribution is 0.413. The van der Waals surface area contributed by atoms with E-state index in [1.54, 1.807) is 7.11 Å². The SMILES string of the molecule is CNC1c2cc(OC)ccc2CC1S(=O)C(C)C(C)C. The van der Waals surface area contributed by atoms with Gasteiger partial charge in [-0.15, -0.1) is 0 Å². The smallest absolute Gasteiger partial charge is 0.119 e. The van der Waals surface area contributed by atoms with Gasteiger partial charge in [0.05, 0.1) is 12.4 Å². The Labute approximate surface area is 124 Å². The van der Waals surface area contributed by atoms with E-state index < -0.39 is 10.8 Å². The third-order valence-corrected chi connectivity index (χ3v) is 6.71. The van der Waals surface area contributed by atoms with E-state index in [9.17, 15) is 4.21 Å². The summed E-state index contributed by atoms with van der Waals surface area (Å²) in [5.74, 6) is 1.30. The molecule has 1 aliphatic carbocycles. The van der Waals surface area contributed by atoms with Crippen LogP contribution in [0.2, 0.25) is 0 Å². The number of rotatable bonds is 5. The number of ether oxygens (including phenoxy) is 1. The van der Waals surface area contributed by atoms with Crippen molar-refractivity contribution < 1.29 is 8.95 Å². The zero-order valence-corrected chi connectivity index (χ0v) is 13.8. The molecule has 1 aromatic rings. The minimum absolute atomic E-state index is 0.152. The Morgan fingerprint density at radius 2 is 2.05 bits per heavy atom. The summed E-state index contributed by atoms with van der Waals surface area (Å²) in [7, 11) is 2.79. The molecule has 0 heterocycles. The molecule has 20 heavy (non-hydrogen) atoms. The van der Waals surface area contributed by atoms with Crippen molar-refractivity contribution in [3.05, 3.63) is 29.3 Å². The van der Waals surface area contributed by atoms with E-state index in [1.165, 1.54) is 11.1 Å². The first-order valence-electron chi connectivity index (χ1n) is 7.23. The van der Waals surface area contributed by atoms with Crippen molar-refractivity contribution in [2.24, 2.45) is 5.92 Å². The minimum atomic E-state index is -0.838. The molecule has 1 aliphatic rings. The monoisotopic (exact) mass is 295 g/mol.